The molecule has 0 unspecified atom stereocenters. The molecule has 0 saturated carbocycles. The van der Waals surface area contributed by atoms with Crippen molar-refractivity contribution in [1.29, 1.82) is 0 Å². The molecule has 0 aliphatic carbocycles. The van der Waals surface area contributed by atoms with Gasteiger partial charge < -0.3 is 31.0 Å². The Morgan fingerprint density at radius 2 is 1.75 bits per heavy atom. The van der Waals surface area contributed by atoms with Gasteiger partial charge in [-0.15, -0.1) is 0 Å². The molecule has 0 aliphatic rings. The molecule has 0 fully saturated rings. The highest BCUT2D eigenvalue weighted by atomic mass is 16.4. The molecule has 6 N–H and O–H groups in total. The van der Waals surface area contributed by atoms with Crippen molar-refractivity contribution < 1.29 is 25.2 Å². The van der Waals surface area contributed by atoms with E-state index in [-0.39, 0.29) is 6.29 Å². The van der Waals surface area contributed by atoms with Gasteiger partial charge in [0, 0.05) is 0 Å². The number of carbonyl (C=O) groups is 1. The van der Waals surface area contributed by atoms with E-state index in [1.807, 2.05) is 0 Å². The van der Waals surface area contributed by atoms with Crippen LogP contribution in [0, 0.1) is 0 Å². The number of aldehydes is 1. The summed E-state index contributed by atoms with van der Waals surface area (Å²) in [6, 6.07) is -1.26. The number of aliphatic hydroxyl groups is 4. The lowest BCUT2D eigenvalue weighted by Gasteiger charge is -2.23. The van der Waals surface area contributed by atoms with Gasteiger partial charge in [0.25, 0.3) is 0 Å². The lowest BCUT2D eigenvalue weighted by molar-refractivity contribution is -0.118. The van der Waals surface area contributed by atoms with Crippen LogP contribution in [0.2, 0.25) is 0 Å². The van der Waals surface area contributed by atoms with Gasteiger partial charge in [0.2, 0.25) is 0 Å². The minimum absolute atomic E-state index is 0.248. The van der Waals surface area contributed by atoms with E-state index < -0.39 is 31.0 Å². The molecule has 0 rings (SSSR count). The maximum atomic E-state index is 10.0. The average Bonchev–Trinajstić information content (AvgIpc) is 2.12. The second-order valence-electron chi connectivity index (χ2n) is 2.44. The summed E-state index contributed by atoms with van der Waals surface area (Å²) in [7, 11) is 0. The lowest BCUT2D eigenvalue weighted by Crippen LogP contribution is -2.49. The van der Waals surface area contributed by atoms with Crippen molar-refractivity contribution in [3.8, 4) is 0 Å². The zero-order chi connectivity index (χ0) is 9.72. The first-order valence-corrected chi connectivity index (χ1v) is 3.40. The highest BCUT2D eigenvalue weighted by molar-refractivity contribution is 5.58. The molecule has 0 spiro atoms. The van der Waals surface area contributed by atoms with E-state index in [0.717, 1.165) is 0 Å². The van der Waals surface area contributed by atoms with Gasteiger partial charge in [-0.3, -0.25) is 0 Å². The maximum absolute atomic E-state index is 10.0. The van der Waals surface area contributed by atoms with Crippen LogP contribution in [0.4, 0.5) is 0 Å². The SMILES string of the molecule is N[C@@H](C=O)[C@H](O)[C@@H](O)[C@@H](O)CO. The minimum atomic E-state index is -1.62. The Labute approximate surface area is 69.2 Å². The van der Waals surface area contributed by atoms with Gasteiger partial charge >= 0.3 is 0 Å². The quantitative estimate of drug-likeness (QED) is 0.280. The van der Waals surface area contributed by atoms with Crippen LogP contribution in [0.1, 0.15) is 0 Å². The van der Waals surface area contributed by atoms with Crippen LogP contribution >= 0.6 is 0 Å². The smallest absolute Gasteiger partial charge is 0.139 e. The van der Waals surface area contributed by atoms with E-state index in [1.165, 1.54) is 0 Å². The van der Waals surface area contributed by atoms with Gasteiger partial charge in [0.15, 0.2) is 0 Å². The monoisotopic (exact) mass is 179 g/mol. The second-order valence-corrected chi connectivity index (χ2v) is 2.44. The van der Waals surface area contributed by atoms with Crippen molar-refractivity contribution in [2.24, 2.45) is 5.73 Å². The van der Waals surface area contributed by atoms with Gasteiger partial charge in [-0.2, -0.15) is 0 Å². The molecule has 0 amide bonds. The third kappa shape index (κ3) is 2.84. The average molecular weight is 179 g/mol. The molecule has 0 heterocycles. The van der Waals surface area contributed by atoms with E-state index in [0.29, 0.717) is 0 Å². The summed E-state index contributed by atoms with van der Waals surface area (Å²) < 4.78 is 0. The zero-order valence-corrected chi connectivity index (χ0v) is 6.37. The third-order valence-corrected chi connectivity index (χ3v) is 1.48. The van der Waals surface area contributed by atoms with Crippen molar-refractivity contribution in [2.45, 2.75) is 24.4 Å². The molecule has 0 saturated heterocycles. The van der Waals surface area contributed by atoms with Gasteiger partial charge in [-0.05, 0) is 0 Å². The first-order valence-electron chi connectivity index (χ1n) is 3.40. The molecule has 0 radical (unpaired) electrons. The van der Waals surface area contributed by atoms with Crippen LogP contribution in [-0.4, -0.2) is 57.7 Å². The Kier molecular flexibility index (Phi) is 4.95. The predicted molar refractivity (Wildman–Crippen MR) is 39.1 cm³/mol. The van der Waals surface area contributed by atoms with E-state index in [4.69, 9.17) is 26.2 Å². The van der Waals surface area contributed by atoms with Crippen molar-refractivity contribution in [3.05, 3.63) is 0 Å². The molecular weight excluding hydrogens is 166 g/mol. The van der Waals surface area contributed by atoms with Crippen molar-refractivity contribution in [3.63, 3.8) is 0 Å². The molecule has 12 heavy (non-hydrogen) atoms. The van der Waals surface area contributed by atoms with Crippen molar-refractivity contribution >= 4 is 6.29 Å². The van der Waals surface area contributed by atoms with E-state index in [1.54, 1.807) is 0 Å². The highest BCUT2D eigenvalue weighted by Gasteiger charge is 2.28. The summed E-state index contributed by atoms with van der Waals surface area (Å²) in [5, 5.41) is 35.2. The lowest BCUT2D eigenvalue weighted by atomic mass is 10.0. The van der Waals surface area contributed by atoms with E-state index in [2.05, 4.69) is 0 Å². The highest BCUT2D eigenvalue weighted by Crippen LogP contribution is 2.01. The normalized spacial score (nSPS) is 21.1. The number of hydrogen-bond donors (Lipinski definition) is 5. The Morgan fingerprint density at radius 1 is 1.25 bits per heavy atom. The van der Waals surface area contributed by atoms with Gasteiger partial charge in [-0.1, -0.05) is 0 Å². The third-order valence-electron chi connectivity index (χ3n) is 1.48. The topological polar surface area (TPSA) is 124 Å². The summed E-state index contributed by atoms with van der Waals surface area (Å²) >= 11 is 0. The molecule has 0 aliphatic heterocycles. The van der Waals surface area contributed by atoms with Crippen molar-refractivity contribution in [2.75, 3.05) is 6.61 Å². The summed E-state index contributed by atoms with van der Waals surface area (Å²) in [6.45, 7) is -0.705. The molecule has 0 aromatic heterocycles. The molecule has 6 nitrogen and oxygen atoms in total. The Morgan fingerprint density at radius 3 is 2.08 bits per heavy atom. The fourth-order valence-electron chi connectivity index (χ4n) is 0.644. The first kappa shape index (κ1) is 11.5. The van der Waals surface area contributed by atoms with Crippen molar-refractivity contribution in [1.82, 2.24) is 0 Å². The second kappa shape index (κ2) is 5.18. The molecule has 4 atom stereocenters. The Balaban J connectivity index is 4.07. The Bertz CT molecular complexity index is 142. The fraction of sp³-hybridized carbons (Fsp3) is 0.833. The summed E-state index contributed by atoms with van der Waals surface area (Å²) in [4.78, 5) is 10.0. The fourth-order valence-corrected chi connectivity index (χ4v) is 0.644. The summed E-state index contributed by atoms with van der Waals surface area (Å²) in [6.07, 6.45) is -4.43. The standard InChI is InChI=1S/C6H13NO5/c7-3(1-8)5(11)6(12)4(10)2-9/h1,3-6,9-12H,2,7H2/t3-,4-,5-,6-/m0/s1. The number of hydrogen-bond acceptors (Lipinski definition) is 6. The molecule has 72 valence electrons. The molecule has 0 aromatic carbocycles. The number of rotatable bonds is 5. The van der Waals surface area contributed by atoms with Crippen LogP contribution in [-0.2, 0) is 4.79 Å². The minimum Gasteiger partial charge on any atom is -0.394 e. The Hall–Kier alpha value is -0.530. The number of carbonyl (C=O) groups excluding carboxylic acids is 1. The number of aliphatic hydroxyl groups excluding tert-OH is 4. The summed E-state index contributed by atoms with van der Waals surface area (Å²) in [5.41, 5.74) is 5.04. The largest absolute Gasteiger partial charge is 0.394 e. The van der Waals surface area contributed by atoms with Crippen LogP contribution in [0.25, 0.3) is 0 Å². The first-order chi connectivity index (χ1) is 5.54. The maximum Gasteiger partial charge on any atom is 0.139 e. The zero-order valence-electron chi connectivity index (χ0n) is 6.37. The summed E-state index contributed by atoms with van der Waals surface area (Å²) in [5.74, 6) is 0. The van der Waals surface area contributed by atoms with Crippen LogP contribution in [0.3, 0.4) is 0 Å². The van der Waals surface area contributed by atoms with Gasteiger partial charge in [0.1, 0.15) is 24.6 Å². The van der Waals surface area contributed by atoms with Crippen LogP contribution < -0.4 is 5.73 Å². The van der Waals surface area contributed by atoms with Crippen LogP contribution in [0.15, 0.2) is 0 Å². The molecule has 6 heteroatoms. The van der Waals surface area contributed by atoms with Gasteiger partial charge in [-0.25, -0.2) is 0 Å². The molecule has 0 aromatic rings. The predicted octanol–water partition coefficient (Wildman–Crippen LogP) is -3.41. The molecule has 0 bridgehead atoms. The van der Waals surface area contributed by atoms with Gasteiger partial charge in [0.05, 0.1) is 12.6 Å². The number of nitrogens with two attached hydrogens (primary N) is 1. The molecular formula is C6H13NO5. The van der Waals surface area contributed by atoms with E-state index >= 15 is 0 Å². The van der Waals surface area contributed by atoms with E-state index in [9.17, 15) is 4.79 Å². The van der Waals surface area contributed by atoms with Crippen LogP contribution in [0.5, 0.6) is 0 Å².